The number of halogens is 1. The number of carbonyl (C=O) groups is 2. The zero-order chi connectivity index (χ0) is 34.5. The van der Waals surface area contributed by atoms with Gasteiger partial charge < -0.3 is 23.8 Å². The number of nitrogens with zero attached hydrogens (tertiary/aromatic N) is 3. The third-order valence-corrected chi connectivity index (χ3v) is 9.71. The molecule has 0 aliphatic carbocycles. The van der Waals surface area contributed by atoms with Crippen molar-refractivity contribution in [1.29, 1.82) is 0 Å². The molecule has 0 N–H and O–H groups in total. The van der Waals surface area contributed by atoms with Crippen molar-refractivity contribution in [2.24, 2.45) is 4.99 Å². The Morgan fingerprint density at radius 2 is 1.71 bits per heavy atom. The summed E-state index contributed by atoms with van der Waals surface area (Å²) in [7, 11) is 1.55. The fourth-order valence-corrected chi connectivity index (χ4v) is 7.38. The summed E-state index contributed by atoms with van der Waals surface area (Å²) in [5.74, 6) is 0.775. The van der Waals surface area contributed by atoms with E-state index >= 15 is 0 Å². The summed E-state index contributed by atoms with van der Waals surface area (Å²) in [6.07, 6.45) is 3.77. The molecule has 3 heterocycles. The minimum atomic E-state index is -0.900. The van der Waals surface area contributed by atoms with Crippen molar-refractivity contribution in [2.75, 3.05) is 40.0 Å². The summed E-state index contributed by atoms with van der Waals surface area (Å²) >= 11 is 4.78. The highest BCUT2D eigenvalue weighted by Gasteiger charge is 2.37. The van der Waals surface area contributed by atoms with Crippen molar-refractivity contribution in [3.8, 4) is 17.2 Å². The molecule has 0 bridgehead atoms. The molecule has 3 aromatic carbocycles. The van der Waals surface area contributed by atoms with E-state index in [0.29, 0.717) is 55.6 Å². The van der Waals surface area contributed by atoms with Crippen LogP contribution < -0.4 is 29.1 Å². The lowest BCUT2D eigenvalue weighted by molar-refractivity contribution is -0.139. The molecule has 0 saturated carbocycles. The van der Waals surface area contributed by atoms with Crippen molar-refractivity contribution >= 4 is 50.9 Å². The Morgan fingerprint density at radius 3 is 2.43 bits per heavy atom. The summed E-state index contributed by atoms with van der Waals surface area (Å²) in [6.45, 7) is 5.55. The van der Waals surface area contributed by atoms with E-state index in [0.717, 1.165) is 30.4 Å². The number of esters is 1. The van der Waals surface area contributed by atoms with Crippen LogP contribution in [0.2, 0.25) is 0 Å². The predicted molar refractivity (Wildman–Crippen MR) is 191 cm³/mol. The highest BCUT2D eigenvalue weighted by atomic mass is 79.9. The summed E-state index contributed by atoms with van der Waals surface area (Å²) in [4.78, 5) is 47.9. The van der Waals surface area contributed by atoms with E-state index in [4.69, 9.17) is 23.9 Å². The van der Waals surface area contributed by atoms with Crippen LogP contribution in [0.25, 0.3) is 11.8 Å². The standard InChI is InChI=1S/C37H36BrN3O7S/c1-4-46-29-19-23(13-15-28(29)48-22-31(42)40-17-9-10-18-40)20-30-35(43)41-34(26-21-25(38)14-16-27(26)45-3)32(36(44)47-5-2)33(39-37(41)49-30)24-11-7-6-8-12-24/h6-8,11-16,19-21,34H,4-5,9-10,17-18,22H2,1-3H3/b30-20-/t34-/m1/s1. The van der Waals surface area contributed by atoms with Gasteiger partial charge in [-0.05, 0) is 68.7 Å². The molecule has 1 saturated heterocycles. The topological polar surface area (TPSA) is 109 Å². The summed E-state index contributed by atoms with van der Waals surface area (Å²) in [5.41, 5.74) is 2.31. The van der Waals surface area contributed by atoms with Crippen molar-refractivity contribution in [3.63, 3.8) is 0 Å². The number of thiazole rings is 1. The first-order chi connectivity index (χ1) is 23.8. The highest BCUT2D eigenvalue weighted by molar-refractivity contribution is 9.10. The fraction of sp³-hybridized carbons (Fsp3) is 0.297. The Morgan fingerprint density at radius 1 is 0.959 bits per heavy atom. The Balaban J connectivity index is 1.49. The lowest BCUT2D eigenvalue weighted by Gasteiger charge is -2.27. The maximum absolute atomic E-state index is 14.4. The molecule has 1 fully saturated rings. The van der Waals surface area contributed by atoms with Crippen LogP contribution in [0.5, 0.6) is 17.2 Å². The number of hydrogen-bond donors (Lipinski definition) is 0. The van der Waals surface area contributed by atoms with E-state index in [1.165, 1.54) is 15.9 Å². The summed E-state index contributed by atoms with van der Waals surface area (Å²) < 4.78 is 25.8. The van der Waals surface area contributed by atoms with Crippen LogP contribution in [0.3, 0.4) is 0 Å². The smallest absolute Gasteiger partial charge is 0.338 e. The van der Waals surface area contributed by atoms with Crippen LogP contribution in [0, 0.1) is 0 Å². The molecule has 1 atom stereocenters. The molecule has 1 amide bonds. The third-order valence-electron chi connectivity index (χ3n) is 8.24. The van der Waals surface area contributed by atoms with Crippen LogP contribution in [0.4, 0.5) is 0 Å². The molecule has 254 valence electrons. The van der Waals surface area contributed by atoms with Gasteiger partial charge in [0.05, 0.1) is 36.1 Å². The predicted octanol–water partition coefficient (Wildman–Crippen LogP) is 5.11. The van der Waals surface area contributed by atoms with Crippen LogP contribution in [0.1, 0.15) is 49.4 Å². The zero-order valence-corrected chi connectivity index (χ0v) is 29.8. The minimum absolute atomic E-state index is 0.0566. The fourth-order valence-electron chi connectivity index (χ4n) is 6.00. The normalized spacial score (nSPS) is 15.9. The minimum Gasteiger partial charge on any atom is -0.496 e. The average Bonchev–Trinajstić information content (AvgIpc) is 3.76. The number of carbonyl (C=O) groups excluding carboxylic acids is 2. The summed E-state index contributed by atoms with van der Waals surface area (Å²) in [6, 6.07) is 19.3. The molecule has 2 aliphatic heterocycles. The van der Waals surface area contributed by atoms with Crippen LogP contribution in [-0.2, 0) is 14.3 Å². The van der Waals surface area contributed by atoms with E-state index in [2.05, 4.69) is 15.9 Å². The second-order valence-electron chi connectivity index (χ2n) is 11.3. The van der Waals surface area contributed by atoms with Crippen molar-refractivity contribution in [2.45, 2.75) is 32.7 Å². The zero-order valence-electron chi connectivity index (χ0n) is 27.4. The number of ether oxygens (including phenoxy) is 4. The van der Waals surface area contributed by atoms with Gasteiger partial charge >= 0.3 is 5.97 Å². The van der Waals surface area contributed by atoms with Gasteiger partial charge in [0.2, 0.25) is 0 Å². The number of rotatable bonds is 11. The molecule has 0 unspecified atom stereocenters. The summed E-state index contributed by atoms with van der Waals surface area (Å²) in [5, 5.41) is 0. The Labute approximate surface area is 296 Å². The number of aromatic nitrogens is 1. The molecule has 10 nitrogen and oxygen atoms in total. The van der Waals surface area contributed by atoms with Gasteiger partial charge in [-0.15, -0.1) is 0 Å². The lowest BCUT2D eigenvalue weighted by Crippen LogP contribution is -2.40. The molecular formula is C37H36BrN3O7S. The first-order valence-corrected chi connectivity index (χ1v) is 17.7. The molecule has 2 aliphatic rings. The average molecular weight is 747 g/mol. The van der Waals surface area contributed by atoms with Crippen molar-refractivity contribution in [3.05, 3.63) is 113 Å². The van der Waals surface area contributed by atoms with E-state index in [1.54, 1.807) is 38.3 Å². The van der Waals surface area contributed by atoms with Gasteiger partial charge in [0, 0.05) is 28.7 Å². The van der Waals surface area contributed by atoms with Gasteiger partial charge in [-0.2, -0.15) is 0 Å². The first-order valence-electron chi connectivity index (χ1n) is 16.1. The molecule has 0 radical (unpaired) electrons. The molecular weight excluding hydrogens is 710 g/mol. The maximum atomic E-state index is 14.4. The van der Waals surface area contributed by atoms with Gasteiger partial charge in [0.1, 0.15) is 11.8 Å². The first kappa shape index (κ1) is 34.2. The Kier molecular flexibility index (Phi) is 10.6. The van der Waals surface area contributed by atoms with Crippen LogP contribution >= 0.6 is 27.3 Å². The van der Waals surface area contributed by atoms with Gasteiger partial charge in [0.15, 0.2) is 22.9 Å². The maximum Gasteiger partial charge on any atom is 0.338 e. The van der Waals surface area contributed by atoms with Gasteiger partial charge in [-0.3, -0.25) is 14.2 Å². The van der Waals surface area contributed by atoms with Crippen molar-refractivity contribution in [1.82, 2.24) is 9.47 Å². The molecule has 6 rings (SSSR count). The van der Waals surface area contributed by atoms with Crippen LogP contribution in [0.15, 0.2) is 86.6 Å². The van der Waals surface area contributed by atoms with Gasteiger partial charge in [0.25, 0.3) is 11.5 Å². The number of amides is 1. The number of fused-ring (bicyclic) bond motifs is 1. The van der Waals surface area contributed by atoms with Gasteiger partial charge in [-0.25, -0.2) is 9.79 Å². The molecule has 0 spiro atoms. The largest absolute Gasteiger partial charge is 0.496 e. The van der Waals surface area contributed by atoms with E-state index in [9.17, 15) is 14.4 Å². The van der Waals surface area contributed by atoms with E-state index in [-0.39, 0.29) is 30.3 Å². The molecule has 49 heavy (non-hydrogen) atoms. The van der Waals surface area contributed by atoms with E-state index in [1.807, 2.05) is 60.4 Å². The highest BCUT2D eigenvalue weighted by Crippen LogP contribution is 2.40. The lowest BCUT2D eigenvalue weighted by atomic mass is 9.92. The number of benzene rings is 3. The number of likely N-dealkylation sites (tertiary alicyclic amines) is 1. The van der Waals surface area contributed by atoms with Gasteiger partial charge in [-0.1, -0.05) is 63.7 Å². The second kappa shape index (κ2) is 15.3. The molecule has 12 heteroatoms. The monoisotopic (exact) mass is 745 g/mol. The number of hydrogen-bond acceptors (Lipinski definition) is 9. The quantitative estimate of drug-likeness (QED) is 0.197. The Hall–Kier alpha value is -4.68. The number of methoxy groups -OCH3 is 1. The molecule has 4 aromatic rings. The second-order valence-corrected chi connectivity index (χ2v) is 13.3. The van der Waals surface area contributed by atoms with E-state index < -0.39 is 12.0 Å². The van der Waals surface area contributed by atoms with Crippen LogP contribution in [-0.4, -0.2) is 61.4 Å². The molecule has 1 aromatic heterocycles. The third kappa shape index (κ3) is 7.20. The Bertz CT molecular complexity index is 2080. The van der Waals surface area contributed by atoms with Crippen molar-refractivity contribution < 1.29 is 28.5 Å². The SMILES string of the molecule is CCOC(=O)C1=C(c2ccccc2)N=c2s/c(=C\c3ccc(OCC(=O)N4CCCC4)c(OCC)c3)c(=O)n2[C@@H]1c1cc(Br)ccc1OC.